The first-order valence-corrected chi connectivity index (χ1v) is 4.70. The molecular formula is C9H20N2. The fourth-order valence-electron chi connectivity index (χ4n) is 1.92. The predicted molar refractivity (Wildman–Crippen MR) is 48.5 cm³/mol. The smallest absolute Gasteiger partial charge is 0.0241 e. The number of nitrogens with zero attached hydrogens (tertiary/aromatic N) is 1. The van der Waals surface area contributed by atoms with E-state index >= 15 is 0 Å². The van der Waals surface area contributed by atoms with Gasteiger partial charge in [0.05, 0.1) is 0 Å². The number of likely N-dealkylation sites (tertiary alicyclic amines) is 1. The fourth-order valence-corrected chi connectivity index (χ4v) is 1.92. The van der Waals surface area contributed by atoms with Gasteiger partial charge >= 0.3 is 0 Å². The lowest BCUT2D eigenvalue weighted by Crippen LogP contribution is -2.42. The maximum atomic E-state index is 5.71. The average molecular weight is 156 g/mol. The van der Waals surface area contributed by atoms with Gasteiger partial charge in [-0.05, 0) is 31.8 Å². The molecule has 1 saturated heterocycles. The van der Waals surface area contributed by atoms with Crippen LogP contribution in [0.1, 0.15) is 26.7 Å². The van der Waals surface area contributed by atoms with Crippen molar-refractivity contribution in [1.82, 2.24) is 4.90 Å². The molecule has 0 radical (unpaired) electrons. The Bertz CT molecular complexity index is 106. The molecule has 1 atom stereocenters. The van der Waals surface area contributed by atoms with Crippen molar-refractivity contribution < 1.29 is 0 Å². The van der Waals surface area contributed by atoms with Gasteiger partial charge in [-0.3, -0.25) is 4.90 Å². The molecule has 0 bridgehead atoms. The molecule has 0 aromatic rings. The monoisotopic (exact) mass is 156 g/mol. The molecule has 0 amide bonds. The van der Waals surface area contributed by atoms with Crippen molar-refractivity contribution in [2.45, 2.75) is 32.7 Å². The zero-order valence-corrected chi connectivity index (χ0v) is 7.71. The van der Waals surface area contributed by atoms with E-state index in [1.54, 1.807) is 0 Å². The quantitative estimate of drug-likeness (QED) is 0.662. The molecule has 0 spiro atoms. The summed E-state index contributed by atoms with van der Waals surface area (Å²) in [6.07, 6.45) is 2.73. The third-order valence-corrected chi connectivity index (χ3v) is 2.62. The molecule has 1 aliphatic heterocycles. The first-order chi connectivity index (χ1) is 5.25. The zero-order chi connectivity index (χ0) is 8.27. The minimum absolute atomic E-state index is 0.623. The van der Waals surface area contributed by atoms with Gasteiger partial charge in [0.15, 0.2) is 0 Å². The molecule has 1 rings (SSSR count). The van der Waals surface area contributed by atoms with Crippen LogP contribution in [-0.4, -0.2) is 30.6 Å². The van der Waals surface area contributed by atoms with Crippen LogP contribution in [0.25, 0.3) is 0 Å². The highest BCUT2D eigenvalue weighted by Gasteiger charge is 2.22. The number of hydrogen-bond acceptors (Lipinski definition) is 2. The average Bonchev–Trinajstić information content (AvgIpc) is 2.40. The van der Waals surface area contributed by atoms with Gasteiger partial charge in [-0.25, -0.2) is 0 Å². The summed E-state index contributed by atoms with van der Waals surface area (Å²) < 4.78 is 0. The van der Waals surface area contributed by atoms with E-state index in [0.29, 0.717) is 12.0 Å². The molecule has 66 valence electrons. The Morgan fingerprint density at radius 2 is 1.82 bits per heavy atom. The molecule has 2 nitrogen and oxygen atoms in total. The molecule has 0 saturated carbocycles. The summed E-state index contributed by atoms with van der Waals surface area (Å²) in [6, 6.07) is 0.623. The summed E-state index contributed by atoms with van der Waals surface area (Å²) in [5.74, 6) is 0.707. The highest BCUT2D eigenvalue weighted by Crippen LogP contribution is 2.16. The van der Waals surface area contributed by atoms with Crippen molar-refractivity contribution in [2.24, 2.45) is 11.7 Å². The second kappa shape index (κ2) is 4.07. The molecular weight excluding hydrogens is 136 g/mol. The van der Waals surface area contributed by atoms with Gasteiger partial charge in [0.2, 0.25) is 0 Å². The van der Waals surface area contributed by atoms with E-state index in [1.165, 1.54) is 25.9 Å². The van der Waals surface area contributed by atoms with Crippen LogP contribution in [0.15, 0.2) is 0 Å². The maximum Gasteiger partial charge on any atom is 0.0241 e. The summed E-state index contributed by atoms with van der Waals surface area (Å²) in [6.45, 7) is 7.86. The van der Waals surface area contributed by atoms with Gasteiger partial charge in [0.25, 0.3) is 0 Å². The summed E-state index contributed by atoms with van der Waals surface area (Å²) in [7, 11) is 0. The molecule has 1 fully saturated rings. The second-order valence-corrected chi connectivity index (χ2v) is 3.79. The Hall–Kier alpha value is -0.0800. The SMILES string of the molecule is CC(C)[C@H](CN)N1CCCC1. The predicted octanol–water partition coefficient (Wildman–Crippen LogP) is 1.07. The Balaban J connectivity index is 2.40. The minimum atomic E-state index is 0.623. The standard InChI is InChI=1S/C9H20N2/c1-8(2)9(7-10)11-5-3-4-6-11/h8-9H,3-7,10H2,1-2H3/t9-/m0/s1. The highest BCUT2D eigenvalue weighted by molar-refractivity contribution is 4.79. The van der Waals surface area contributed by atoms with Crippen LogP contribution >= 0.6 is 0 Å². The number of rotatable bonds is 3. The van der Waals surface area contributed by atoms with Gasteiger partial charge in [0.1, 0.15) is 0 Å². The Labute approximate surface area is 69.8 Å². The van der Waals surface area contributed by atoms with E-state index in [-0.39, 0.29) is 0 Å². The van der Waals surface area contributed by atoms with Gasteiger partial charge in [-0.1, -0.05) is 13.8 Å². The first-order valence-electron chi connectivity index (χ1n) is 4.70. The molecule has 1 aliphatic rings. The Morgan fingerprint density at radius 1 is 1.27 bits per heavy atom. The molecule has 2 N–H and O–H groups in total. The lowest BCUT2D eigenvalue weighted by Gasteiger charge is -2.29. The van der Waals surface area contributed by atoms with Crippen LogP contribution in [0.2, 0.25) is 0 Å². The summed E-state index contributed by atoms with van der Waals surface area (Å²) in [4.78, 5) is 2.53. The summed E-state index contributed by atoms with van der Waals surface area (Å²) in [5, 5.41) is 0. The van der Waals surface area contributed by atoms with Crippen molar-refractivity contribution in [3.8, 4) is 0 Å². The third kappa shape index (κ3) is 2.17. The minimum Gasteiger partial charge on any atom is -0.329 e. The lowest BCUT2D eigenvalue weighted by atomic mass is 10.0. The molecule has 2 heteroatoms. The van der Waals surface area contributed by atoms with Crippen molar-refractivity contribution in [2.75, 3.05) is 19.6 Å². The fraction of sp³-hybridized carbons (Fsp3) is 1.00. The maximum absolute atomic E-state index is 5.71. The van der Waals surface area contributed by atoms with E-state index in [1.807, 2.05) is 0 Å². The molecule has 11 heavy (non-hydrogen) atoms. The van der Waals surface area contributed by atoms with Crippen molar-refractivity contribution in [1.29, 1.82) is 0 Å². The number of nitrogens with two attached hydrogens (primary N) is 1. The van der Waals surface area contributed by atoms with E-state index in [4.69, 9.17) is 5.73 Å². The normalized spacial score (nSPS) is 22.9. The van der Waals surface area contributed by atoms with Crippen LogP contribution < -0.4 is 5.73 Å². The Kier molecular flexibility index (Phi) is 3.34. The number of hydrogen-bond donors (Lipinski definition) is 1. The second-order valence-electron chi connectivity index (χ2n) is 3.79. The van der Waals surface area contributed by atoms with Crippen LogP contribution in [-0.2, 0) is 0 Å². The third-order valence-electron chi connectivity index (χ3n) is 2.62. The van der Waals surface area contributed by atoms with Crippen LogP contribution in [0.4, 0.5) is 0 Å². The van der Waals surface area contributed by atoms with Crippen LogP contribution in [0, 0.1) is 5.92 Å². The van der Waals surface area contributed by atoms with E-state index in [0.717, 1.165) is 6.54 Å². The van der Waals surface area contributed by atoms with Crippen molar-refractivity contribution in [3.05, 3.63) is 0 Å². The zero-order valence-electron chi connectivity index (χ0n) is 7.71. The van der Waals surface area contributed by atoms with Gasteiger partial charge in [-0.2, -0.15) is 0 Å². The Morgan fingerprint density at radius 3 is 2.18 bits per heavy atom. The molecule has 1 heterocycles. The summed E-state index contributed by atoms with van der Waals surface area (Å²) >= 11 is 0. The lowest BCUT2D eigenvalue weighted by molar-refractivity contribution is 0.197. The van der Waals surface area contributed by atoms with Crippen LogP contribution in [0.3, 0.4) is 0 Å². The van der Waals surface area contributed by atoms with Gasteiger partial charge in [0, 0.05) is 12.6 Å². The van der Waals surface area contributed by atoms with Gasteiger partial charge in [-0.15, -0.1) is 0 Å². The molecule has 0 aromatic carbocycles. The topological polar surface area (TPSA) is 29.3 Å². The van der Waals surface area contributed by atoms with Crippen molar-refractivity contribution in [3.63, 3.8) is 0 Å². The summed E-state index contributed by atoms with van der Waals surface area (Å²) in [5.41, 5.74) is 5.71. The molecule has 0 aliphatic carbocycles. The largest absolute Gasteiger partial charge is 0.329 e. The van der Waals surface area contributed by atoms with E-state index < -0.39 is 0 Å². The van der Waals surface area contributed by atoms with Crippen molar-refractivity contribution >= 4 is 0 Å². The van der Waals surface area contributed by atoms with E-state index in [9.17, 15) is 0 Å². The molecule has 0 aromatic heterocycles. The first kappa shape index (κ1) is 9.01. The van der Waals surface area contributed by atoms with Gasteiger partial charge < -0.3 is 5.73 Å². The molecule has 0 unspecified atom stereocenters. The van der Waals surface area contributed by atoms with E-state index in [2.05, 4.69) is 18.7 Å². The highest BCUT2D eigenvalue weighted by atomic mass is 15.2. The van der Waals surface area contributed by atoms with Crippen LogP contribution in [0.5, 0.6) is 0 Å².